The molecule has 2 N–H and O–H groups in total. The van der Waals surface area contributed by atoms with Crippen molar-refractivity contribution >= 4 is 11.9 Å². The lowest BCUT2D eigenvalue weighted by atomic mass is 10.1. The monoisotopic (exact) mass is 283 g/mol. The molecule has 0 aliphatic heterocycles. The van der Waals surface area contributed by atoms with Crippen LogP contribution in [0.4, 0.5) is 5.69 Å². The highest BCUT2D eigenvalue weighted by molar-refractivity contribution is 5.87. The van der Waals surface area contributed by atoms with Crippen molar-refractivity contribution < 1.29 is 10.2 Å². The SMILES string of the molecule is Cc1c(C=Nc2ccc(O)cc2)c(O)n(C)c(=O)c1C#N. The zero-order valence-electron chi connectivity index (χ0n) is 11.5. The Morgan fingerprint density at radius 3 is 2.48 bits per heavy atom. The first-order chi connectivity index (χ1) is 9.95. The topological polar surface area (TPSA) is 98.6 Å². The first kappa shape index (κ1) is 14.3. The maximum atomic E-state index is 11.8. The Morgan fingerprint density at radius 1 is 1.29 bits per heavy atom. The molecule has 0 amide bonds. The fraction of sp³-hybridized carbons (Fsp3) is 0.133. The molecule has 0 radical (unpaired) electrons. The molecule has 6 nitrogen and oxygen atoms in total. The third kappa shape index (κ3) is 2.62. The van der Waals surface area contributed by atoms with E-state index in [0.29, 0.717) is 16.8 Å². The molecule has 0 bridgehead atoms. The van der Waals surface area contributed by atoms with Crippen LogP contribution in [-0.4, -0.2) is 21.0 Å². The van der Waals surface area contributed by atoms with E-state index in [1.54, 1.807) is 19.1 Å². The van der Waals surface area contributed by atoms with E-state index in [1.807, 2.05) is 6.07 Å². The number of phenols is 1. The van der Waals surface area contributed by atoms with Crippen LogP contribution in [0.5, 0.6) is 11.6 Å². The Hall–Kier alpha value is -3.07. The van der Waals surface area contributed by atoms with Crippen molar-refractivity contribution in [2.45, 2.75) is 6.92 Å². The molecular weight excluding hydrogens is 270 g/mol. The van der Waals surface area contributed by atoms with Crippen LogP contribution in [0.3, 0.4) is 0 Å². The molecule has 0 aliphatic rings. The number of hydrogen-bond acceptors (Lipinski definition) is 5. The van der Waals surface area contributed by atoms with Crippen molar-refractivity contribution in [3.63, 3.8) is 0 Å². The second kappa shape index (κ2) is 5.51. The zero-order chi connectivity index (χ0) is 15.6. The molecule has 0 spiro atoms. The second-order valence-electron chi connectivity index (χ2n) is 4.49. The first-order valence-corrected chi connectivity index (χ1v) is 6.11. The van der Waals surface area contributed by atoms with E-state index >= 15 is 0 Å². The summed E-state index contributed by atoms with van der Waals surface area (Å²) in [6.07, 6.45) is 1.39. The van der Waals surface area contributed by atoms with Crippen LogP contribution in [0, 0.1) is 18.3 Å². The maximum Gasteiger partial charge on any atom is 0.271 e. The van der Waals surface area contributed by atoms with E-state index < -0.39 is 5.56 Å². The molecule has 106 valence electrons. The molecule has 0 saturated carbocycles. The number of benzene rings is 1. The van der Waals surface area contributed by atoms with Gasteiger partial charge in [-0.25, -0.2) is 0 Å². The van der Waals surface area contributed by atoms with E-state index in [0.717, 1.165) is 4.57 Å². The van der Waals surface area contributed by atoms with Crippen LogP contribution in [0.2, 0.25) is 0 Å². The summed E-state index contributed by atoms with van der Waals surface area (Å²) in [4.78, 5) is 16.0. The molecule has 0 fully saturated rings. The number of aromatic hydroxyl groups is 2. The number of aliphatic imine (C=N–C) groups is 1. The third-order valence-electron chi connectivity index (χ3n) is 3.16. The second-order valence-corrected chi connectivity index (χ2v) is 4.49. The van der Waals surface area contributed by atoms with Crippen LogP contribution in [-0.2, 0) is 7.05 Å². The van der Waals surface area contributed by atoms with Gasteiger partial charge in [-0.1, -0.05) is 0 Å². The number of rotatable bonds is 2. The van der Waals surface area contributed by atoms with Gasteiger partial charge in [-0.2, -0.15) is 5.26 Å². The molecule has 1 aromatic heterocycles. The van der Waals surface area contributed by atoms with Gasteiger partial charge < -0.3 is 10.2 Å². The normalized spacial score (nSPS) is 10.7. The number of nitriles is 1. The summed E-state index contributed by atoms with van der Waals surface area (Å²) >= 11 is 0. The third-order valence-corrected chi connectivity index (χ3v) is 3.16. The smallest absolute Gasteiger partial charge is 0.271 e. The summed E-state index contributed by atoms with van der Waals surface area (Å²) in [7, 11) is 1.38. The number of hydrogen-bond donors (Lipinski definition) is 2. The standard InChI is InChI=1S/C15H13N3O3/c1-9-12(7-16)14(20)18(2)15(21)13(9)8-17-10-3-5-11(19)6-4-10/h3-6,8,19,21H,1-2H3. The minimum atomic E-state index is -0.547. The van der Waals surface area contributed by atoms with Gasteiger partial charge in [0.2, 0.25) is 5.88 Å². The van der Waals surface area contributed by atoms with Crippen LogP contribution >= 0.6 is 0 Å². The molecule has 2 rings (SSSR count). The summed E-state index contributed by atoms with van der Waals surface area (Å²) < 4.78 is 1.00. The molecular formula is C15H13N3O3. The van der Waals surface area contributed by atoms with Crippen molar-refractivity contribution in [3.8, 4) is 17.7 Å². The molecule has 0 aliphatic carbocycles. The largest absolute Gasteiger partial charge is 0.508 e. The van der Waals surface area contributed by atoms with E-state index in [2.05, 4.69) is 4.99 Å². The maximum absolute atomic E-state index is 11.8. The minimum Gasteiger partial charge on any atom is -0.508 e. The summed E-state index contributed by atoms with van der Waals surface area (Å²) in [6.45, 7) is 1.58. The predicted molar refractivity (Wildman–Crippen MR) is 78.2 cm³/mol. The van der Waals surface area contributed by atoms with Crippen molar-refractivity contribution in [3.05, 3.63) is 51.3 Å². The fourth-order valence-corrected chi connectivity index (χ4v) is 1.87. The van der Waals surface area contributed by atoms with Crippen molar-refractivity contribution in [2.24, 2.45) is 12.0 Å². The van der Waals surface area contributed by atoms with Crippen LogP contribution in [0.15, 0.2) is 34.1 Å². The lowest BCUT2D eigenvalue weighted by molar-refractivity contribution is 0.421. The molecule has 6 heteroatoms. The average Bonchev–Trinajstić information content (AvgIpc) is 2.47. The predicted octanol–water partition coefficient (Wildman–Crippen LogP) is 1.73. The number of phenolic OH excluding ortho intramolecular Hbond substituents is 1. The Balaban J connectivity index is 2.55. The Bertz CT molecular complexity index is 812. The quantitative estimate of drug-likeness (QED) is 0.820. The van der Waals surface area contributed by atoms with Gasteiger partial charge in [-0.15, -0.1) is 0 Å². The van der Waals surface area contributed by atoms with Crippen LogP contribution < -0.4 is 5.56 Å². The van der Waals surface area contributed by atoms with Gasteiger partial charge >= 0.3 is 0 Å². The average molecular weight is 283 g/mol. The molecule has 21 heavy (non-hydrogen) atoms. The Kier molecular flexibility index (Phi) is 3.76. The van der Waals surface area contributed by atoms with Crippen molar-refractivity contribution in [1.29, 1.82) is 5.26 Å². The Morgan fingerprint density at radius 2 is 1.90 bits per heavy atom. The molecule has 1 heterocycles. The van der Waals surface area contributed by atoms with E-state index in [9.17, 15) is 15.0 Å². The van der Waals surface area contributed by atoms with E-state index in [-0.39, 0.29) is 17.2 Å². The molecule has 1 aromatic carbocycles. The first-order valence-electron chi connectivity index (χ1n) is 6.11. The van der Waals surface area contributed by atoms with Gasteiger partial charge in [0.05, 0.1) is 11.3 Å². The molecule has 2 aromatic rings. The van der Waals surface area contributed by atoms with Gasteiger partial charge in [0.15, 0.2) is 0 Å². The highest BCUT2D eigenvalue weighted by Crippen LogP contribution is 2.21. The lowest BCUT2D eigenvalue weighted by Gasteiger charge is -2.09. The van der Waals surface area contributed by atoms with E-state index in [1.165, 1.54) is 25.4 Å². The molecule has 0 atom stereocenters. The van der Waals surface area contributed by atoms with Gasteiger partial charge in [-0.05, 0) is 36.8 Å². The van der Waals surface area contributed by atoms with Gasteiger partial charge in [0.1, 0.15) is 17.4 Å². The summed E-state index contributed by atoms with van der Waals surface area (Å²) in [5.74, 6) is -0.124. The molecule has 0 unspecified atom stereocenters. The number of nitrogens with zero attached hydrogens (tertiary/aromatic N) is 3. The number of pyridine rings is 1. The summed E-state index contributed by atoms with van der Waals surface area (Å²) in [5.41, 5.74) is 0.679. The summed E-state index contributed by atoms with van der Waals surface area (Å²) in [5, 5.41) is 28.3. The Labute approximate surface area is 120 Å². The fourth-order valence-electron chi connectivity index (χ4n) is 1.87. The van der Waals surface area contributed by atoms with Gasteiger partial charge in [0.25, 0.3) is 5.56 Å². The number of aromatic nitrogens is 1. The highest BCUT2D eigenvalue weighted by Gasteiger charge is 2.15. The van der Waals surface area contributed by atoms with Gasteiger partial charge in [-0.3, -0.25) is 14.4 Å². The zero-order valence-corrected chi connectivity index (χ0v) is 11.5. The van der Waals surface area contributed by atoms with Crippen molar-refractivity contribution in [2.75, 3.05) is 0 Å². The van der Waals surface area contributed by atoms with Crippen LogP contribution in [0.1, 0.15) is 16.7 Å². The van der Waals surface area contributed by atoms with E-state index in [4.69, 9.17) is 5.26 Å². The highest BCUT2D eigenvalue weighted by atomic mass is 16.3. The lowest BCUT2D eigenvalue weighted by Crippen LogP contribution is -2.22. The minimum absolute atomic E-state index is 0.0255. The summed E-state index contributed by atoms with van der Waals surface area (Å²) in [6, 6.07) is 8.02. The van der Waals surface area contributed by atoms with Crippen LogP contribution in [0.25, 0.3) is 0 Å². The van der Waals surface area contributed by atoms with Gasteiger partial charge in [0, 0.05) is 13.3 Å². The molecule has 0 saturated heterocycles. The van der Waals surface area contributed by atoms with Crippen molar-refractivity contribution in [1.82, 2.24) is 4.57 Å².